The second-order valence-corrected chi connectivity index (χ2v) is 6.96. The number of nitrogens with zero attached hydrogens (tertiary/aromatic N) is 4. The smallest absolute Gasteiger partial charge is 0.138 e. The van der Waals surface area contributed by atoms with Crippen molar-refractivity contribution >= 4 is 0 Å². The molecular formula is C19H26N4O2. The van der Waals surface area contributed by atoms with Gasteiger partial charge in [-0.1, -0.05) is 0 Å². The van der Waals surface area contributed by atoms with Crippen molar-refractivity contribution in [3.63, 3.8) is 0 Å². The summed E-state index contributed by atoms with van der Waals surface area (Å²) < 4.78 is 13.7. The van der Waals surface area contributed by atoms with Gasteiger partial charge in [0.2, 0.25) is 0 Å². The molecule has 4 rings (SSSR count). The van der Waals surface area contributed by atoms with Crippen LogP contribution in [0.15, 0.2) is 30.7 Å². The fourth-order valence-corrected chi connectivity index (χ4v) is 3.82. The molecule has 1 saturated heterocycles. The monoisotopic (exact) mass is 342 g/mol. The summed E-state index contributed by atoms with van der Waals surface area (Å²) >= 11 is 0. The van der Waals surface area contributed by atoms with E-state index in [2.05, 4.69) is 21.4 Å². The molecule has 4 heterocycles. The van der Waals surface area contributed by atoms with Crippen LogP contribution >= 0.6 is 0 Å². The second kappa shape index (κ2) is 7.54. The number of pyridine rings is 1. The van der Waals surface area contributed by atoms with E-state index in [0.717, 1.165) is 56.0 Å². The molecule has 0 bridgehead atoms. The maximum absolute atomic E-state index is 5.85. The van der Waals surface area contributed by atoms with E-state index < -0.39 is 0 Å². The summed E-state index contributed by atoms with van der Waals surface area (Å²) in [6.45, 7) is 7.83. The van der Waals surface area contributed by atoms with E-state index in [-0.39, 0.29) is 0 Å². The molecule has 1 fully saturated rings. The molecule has 2 aromatic rings. The number of fused-ring (bicyclic) bond motifs is 1. The molecular weight excluding hydrogens is 316 g/mol. The lowest BCUT2D eigenvalue weighted by Gasteiger charge is -2.37. The number of aromatic nitrogens is 3. The zero-order chi connectivity index (χ0) is 17.1. The van der Waals surface area contributed by atoms with Crippen molar-refractivity contribution in [2.75, 3.05) is 26.3 Å². The number of ether oxygens (including phenoxy) is 2. The van der Waals surface area contributed by atoms with Gasteiger partial charge in [-0.25, -0.2) is 4.98 Å². The Bertz CT molecular complexity index is 682. The maximum atomic E-state index is 5.85. The summed E-state index contributed by atoms with van der Waals surface area (Å²) in [6, 6.07) is 4.17. The van der Waals surface area contributed by atoms with E-state index in [1.165, 1.54) is 12.8 Å². The number of rotatable bonds is 5. The molecule has 0 aromatic carbocycles. The Morgan fingerprint density at radius 2 is 2.12 bits per heavy atom. The van der Waals surface area contributed by atoms with Crippen LogP contribution in [-0.4, -0.2) is 45.7 Å². The maximum Gasteiger partial charge on any atom is 0.138 e. The minimum atomic E-state index is 0.351. The molecule has 2 aliphatic heterocycles. The van der Waals surface area contributed by atoms with Gasteiger partial charge in [-0.2, -0.15) is 0 Å². The van der Waals surface area contributed by atoms with Gasteiger partial charge < -0.3 is 14.0 Å². The molecule has 0 spiro atoms. The molecule has 6 nitrogen and oxygen atoms in total. The van der Waals surface area contributed by atoms with Crippen molar-refractivity contribution in [2.24, 2.45) is 5.92 Å². The summed E-state index contributed by atoms with van der Waals surface area (Å²) in [4.78, 5) is 11.4. The van der Waals surface area contributed by atoms with Crippen molar-refractivity contribution in [3.05, 3.63) is 42.2 Å². The fraction of sp³-hybridized carbons (Fsp3) is 0.579. The SMILES string of the molecule is CC1c2ncc(COc3cccnc3)n2CCN1CC1CCOCC1. The Labute approximate surface area is 148 Å². The Kier molecular flexibility index (Phi) is 4.99. The molecule has 1 unspecified atom stereocenters. The summed E-state index contributed by atoms with van der Waals surface area (Å²) in [5.41, 5.74) is 1.14. The first-order valence-corrected chi connectivity index (χ1v) is 9.20. The van der Waals surface area contributed by atoms with Crippen molar-refractivity contribution < 1.29 is 9.47 Å². The fourth-order valence-electron chi connectivity index (χ4n) is 3.82. The van der Waals surface area contributed by atoms with Crippen LogP contribution < -0.4 is 4.74 Å². The summed E-state index contributed by atoms with van der Waals surface area (Å²) in [7, 11) is 0. The Morgan fingerprint density at radius 1 is 1.24 bits per heavy atom. The lowest BCUT2D eigenvalue weighted by atomic mass is 9.98. The third kappa shape index (κ3) is 3.70. The van der Waals surface area contributed by atoms with Crippen LogP contribution in [0.5, 0.6) is 5.75 Å². The normalized spacial score (nSPS) is 21.9. The molecule has 2 aromatic heterocycles. The largest absolute Gasteiger partial charge is 0.486 e. The lowest BCUT2D eigenvalue weighted by Crippen LogP contribution is -2.41. The highest BCUT2D eigenvalue weighted by atomic mass is 16.5. The van der Waals surface area contributed by atoms with Crippen molar-refractivity contribution in [1.29, 1.82) is 0 Å². The van der Waals surface area contributed by atoms with Crippen molar-refractivity contribution in [3.8, 4) is 5.75 Å². The summed E-state index contributed by atoms with van der Waals surface area (Å²) in [5.74, 6) is 2.71. The van der Waals surface area contributed by atoms with Gasteiger partial charge in [0.25, 0.3) is 0 Å². The van der Waals surface area contributed by atoms with Gasteiger partial charge in [0, 0.05) is 39.0 Å². The van der Waals surface area contributed by atoms with Gasteiger partial charge in [0.15, 0.2) is 0 Å². The molecule has 6 heteroatoms. The van der Waals surface area contributed by atoms with Crippen LogP contribution in [0.1, 0.15) is 37.3 Å². The predicted molar refractivity (Wildman–Crippen MR) is 94.3 cm³/mol. The highest BCUT2D eigenvalue weighted by Crippen LogP contribution is 2.28. The van der Waals surface area contributed by atoms with E-state index in [9.17, 15) is 0 Å². The lowest BCUT2D eigenvalue weighted by molar-refractivity contribution is 0.0408. The first kappa shape index (κ1) is 16.5. The number of hydrogen-bond acceptors (Lipinski definition) is 5. The van der Waals surface area contributed by atoms with Gasteiger partial charge in [-0.05, 0) is 37.8 Å². The molecule has 0 saturated carbocycles. The van der Waals surface area contributed by atoms with Crippen LogP contribution in [0.3, 0.4) is 0 Å². The highest BCUT2D eigenvalue weighted by Gasteiger charge is 2.29. The average Bonchev–Trinajstić information content (AvgIpc) is 3.08. The zero-order valence-corrected chi connectivity index (χ0v) is 14.8. The Morgan fingerprint density at radius 3 is 2.92 bits per heavy atom. The van der Waals surface area contributed by atoms with Crippen LogP contribution in [-0.2, 0) is 17.9 Å². The molecule has 134 valence electrons. The number of hydrogen-bond donors (Lipinski definition) is 0. The van der Waals surface area contributed by atoms with E-state index in [1.807, 2.05) is 18.3 Å². The van der Waals surface area contributed by atoms with Crippen LogP contribution in [0.25, 0.3) is 0 Å². The molecule has 25 heavy (non-hydrogen) atoms. The molecule has 2 aliphatic rings. The van der Waals surface area contributed by atoms with Gasteiger partial charge in [-0.15, -0.1) is 0 Å². The van der Waals surface area contributed by atoms with Gasteiger partial charge >= 0.3 is 0 Å². The van der Waals surface area contributed by atoms with Crippen molar-refractivity contribution in [2.45, 2.75) is 39.0 Å². The van der Waals surface area contributed by atoms with Gasteiger partial charge in [0.05, 0.1) is 24.1 Å². The predicted octanol–water partition coefficient (Wildman–Crippen LogP) is 2.66. The van der Waals surface area contributed by atoms with E-state index in [4.69, 9.17) is 14.5 Å². The van der Waals surface area contributed by atoms with Gasteiger partial charge in [0.1, 0.15) is 18.2 Å². The van der Waals surface area contributed by atoms with Crippen LogP contribution in [0.4, 0.5) is 0 Å². The molecule has 0 aliphatic carbocycles. The molecule has 0 radical (unpaired) electrons. The average molecular weight is 342 g/mol. The Hall–Kier alpha value is -1.92. The number of imidazole rings is 1. The third-order valence-corrected chi connectivity index (χ3v) is 5.36. The minimum absolute atomic E-state index is 0.351. The molecule has 0 N–H and O–H groups in total. The minimum Gasteiger partial charge on any atom is -0.486 e. The standard InChI is InChI=1S/C19H26N4O2/c1-15-19-21-11-17(14-25-18-3-2-6-20-12-18)23(19)8-7-22(15)13-16-4-9-24-10-5-16/h2-3,6,11-12,15-16H,4-5,7-10,13-14H2,1H3. The molecule has 0 amide bonds. The summed E-state index contributed by atoms with van der Waals surface area (Å²) in [5, 5.41) is 0. The van der Waals surface area contributed by atoms with Gasteiger partial charge in [-0.3, -0.25) is 9.88 Å². The van der Waals surface area contributed by atoms with Crippen LogP contribution in [0, 0.1) is 5.92 Å². The van der Waals surface area contributed by atoms with Crippen LogP contribution in [0.2, 0.25) is 0 Å². The molecule has 1 atom stereocenters. The summed E-state index contributed by atoms with van der Waals surface area (Å²) in [6.07, 6.45) is 7.82. The third-order valence-electron chi connectivity index (χ3n) is 5.36. The van der Waals surface area contributed by atoms with E-state index in [0.29, 0.717) is 12.6 Å². The topological polar surface area (TPSA) is 52.4 Å². The van der Waals surface area contributed by atoms with Crippen molar-refractivity contribution in [1.82, 2.24) is 19.4 Å². The zero-order valence-electron chi connectivity index (χ0n) is 14.8. The first-order valence-electron chi connectivity index (χ1n) is 9.20. The van der Waals surface area contributed by atoms with E-state index >= 15 is 0 Å². The first-order chi connectivity index (χ1) is 12.3. The van der Waals surface area contributed by atoms with E-state index in [1.54, 1.807) is 12.4 Å². The quantitative estimate of drug-likeness (QED) is 0.836. The second-order valence-electron chi connectivity index (χ2n) is 6.96. The highest BCUT2D eigenvalue weighted by molar-refractivity contribution is 5.17. The Balaban J connectivity index is 1.40.